The fourth-order valence-corrected chi connectivity index (χ4v) is 19.6. The molecule has 0 amide bonds. The van der Waals surface area contributed by atoms with Crippen LogP contribution in [0.15, 0.2) is 133 Å². The Morgan fingerprint density at radius 3 is 1.59 bits per heavy atom. The Bertz CT molecular complexity index is 1200. The minimum absolute atomic E-state index is 0.222. The van der Waals surface area contributed by atoms with Crippen molar-refractivity contribution in [3.63, 3.8) is 0 Å². The number of hydrogen-bond acceptors (Lipinski definition) is 1. The Morgan fingerprint density at radius 1 is 0.562 bits per heavy atom. The van der Waals surface area contributed by atoms with Crippen molar-refractivity contribution in [2.45, 2.75) is 19.1 Å². The lowest BCUT2D eigenvalue weighted by molar-refractivity contribution is 0.877. The molecule has 0 radical (unpaired) electrons. The highest BCUT2D eigenvalue weighted by atomic mass is 29.3. The summed E-state index contributed by atoms with van der Waals surface area (Å²) < 4.78 is 2.82. The van der Waals surface area contributed by atoms with E-state index in [4.69, 9.17) is 0 Å². The van der Waals surface area contributed by atoms with Gasteiger partial charge in [0.25, 0.3) is 0 Å². The molecule has 0 aromatic heterocycles. The van der Waals surface area contributed by atoms with Gasteiger partial charge in [0, 0.05) is 5.69 Å². The van der Waals surface area contributed by atoms with Gasteiger partial charge in [-0.05, 0) is 29.4 Å². The third-order valence-corrected chi connectivity index (χ3v) is 23.7. The SMILES string of the molecule is C[Si]1(c2ccccc2)C=CC(c2ccccc2)N(c2ccccc2)[Si]1(C)c1ccccc1. The maximum absolute atomic E-state index is 2.82. The van der Waals surface area contributed by atoms with Gasteiger partial charge in [0.2, 0.25) is 0 Å². The van der Waals surface area contributed by atoms with Gasteiger partial charge in [-0.25, -0.2) is 0 Å². The first kappa shape index (κ1) is 20.7. The summed E-state index contributed by atoms with van der Waals surface area (Å²) in [4.78, 5) is 0. The number of anilines is 1. The van der Waals surface area contributed by atoms with E-state index in [-0.39, 0.29) is 6.04 Å². The molecule has 1 heterocycles. The first-order valence-electron chi connectivity index (χ1n) is 11.3. The highest BCUT2D eigenvalue weighted by Gasteiger charge is 2.57. The molecule has 158 valence electrons. The summed E-state index contributed by atoms with van der Waals surface area (Å²) in [6.45, 7) is 5.18. The molecule has 5 rings (SSSR count). The summed E-state index contributed by atoms with van der Waals surface area (Å²) in [6, 6.07) is 44.9. The topological polar surface area (TPSA) is 3.24 Å². The molecule has 0 fully saturated rings. The minimum atomic E-state index is -2.24. The van der Waals surface area contributed by atoms with Gasteiger partial charge in [-0.2, -0.15) is 0 Å². The molecule has 32 heavy (non-hydrogen) atoms. The van der Waals surface area contributed by atoms with Crippen molar-refractivity contribution in [2.24, 2.45) is 0 Å². The van der Waals surface area contributed by atoms with Gasteiger partial charge >= 0.3 is 0 Å². The molecule has 0 N–H and O–H groups in total. The Labute approximate surface area is 193 Å². The van der Waals surface area contributed by atoms with Crippen molar-refractivity contribution in [1.29, 1.82) is 0 Å². The van der Waals surface area contributed by atoms with Crippen LogP contribution >= 0.6 is 0 Å². The summed E-state index contributed by atoms with van der Waals surface area (Å²) in [7, 11) is -4.28. The lowest BCUT2D eigenvalue weighted by Crippen LogP contribution is -2.81. The van der Waals surface area contributed by atoms with Crippen molar-refractivity contribution < 1.29 is 0 Å². The Morgan fingerprint density at radius 2 is 1.03 bits per heavy atom. The van der Waals surface area contributed by atoms with Gasteiger partial charge in [0.1, 0.15) is 7.59 Å². The molecule has 0 bridgehead atoms. The Kier molecular flexibility index (Phi) is 5.45. The maximum atomic E-state index is 2.82. The number of rotatable bonds is 4. The van der Waals surface area contributed by atoms with Crippen LogP contribution < -0.4 is 14.9 Å². The summed E-state index contributed by atoms with van der Waals surface area (Å²) in [5.41, 5.74) is 5.31. The molecule has 0 aliphatic carbocycles. The zero-order valence-corrected chi connectivity index (χ0v) is 20.7. The zero-order chi connectivity index (χ0) is 22.0. The molecule has 0 saturated carbocycles. The highest BCUT2D eigenvalue weighted by Crippen LogP contribution is 2.41. The van der Waals surface area contributed by atoms with Crippen LogP contribution in [-0.4, -0.2) is 15.3 Å². The molecule has 4 aromatic carbocycles. The summed E-state index contributed by atoms with van der Waals surface area (Å²) in [6.07, 6.45) is 2.49. The molecule has 1 aliphatic heterocycles. The van der Waals surface area contributed by atoms with E-state index >= 15 is 0 Å². The third-order valence-electron chi connectivity index (χ3n) is 7.27. The molecule has 3 atom stereocenters. The molecular formula is C29H29NSi2. The van der Waals surface area contributed by atoms with Gasteiger partial charge in [-0.3, -0.25) is 0 Å². The van der Waals surface area contributed by atoms with Crippen molar-refractivity contribution in [3.05, 3.63) is 139 Å². The average Bonchev–Trinajstić information content (AvgIpc) is 2.87. The minimum Gasteiger partial charge on any atom is -0.385 e. The van der Waals surface area contributed by atoms with Gasteiger partial charge in [0.05, 0.1) is 6.04 Å². The van der Waals surface area contributed by atoms with E-state index in [2.05, 4.69) is 151 Å². The number of nitrogens with zero attached hydrogens (tertiary/aromatic N) is 1. The first-order valence-corrected chi connectivity index (χ1v) is 17.4. The predicted octanol–water partition coefficient (Wildman–Crippen LogP) is 5.89. The van der Waals surface area contributed by atoms with E-state index in [1.807, 2.05) is 0 Å². The second-order valence-electron chi connectivity index (χ2n) is 8.93. The largest absolute Gasteiger partial charge is 0.385 e. The summed E-state index contributed by atoms with van der Waals surface area (Å²) in [5, 5.41) is 3.02. The fraction of sp³-hybridized carbons (Fsp3) is 0.103. The van der Waals surface area contributed by atoms with E-state index in [9.17, 15) is 0 Å². The molecule has 3 unspecified atom stereocenters. The number of para-hydroxylation sites is 1. The average molecular weight is 448 g/mol. The normalized spacial score (nSPS) is 24.9. The van der Waals surface area contributed by atoms with Crippen LogP contribution in [0.25, 0.3) is 0 Å². The van der Waals surface area contributed by atoms with E-state index in [0.717, 1.165) is 0 Å². The van der Waals surface area contributed by atoms with Gasteiger partial charge in [-0.1, -0.05) is 133 Å². The monoisotopic (exact) mass is 447 g/mol. The van der Waals surface area contributed by atoms with E-state index < -0.39 is 15.3 Å². The van der Waals surface area contributed by atoms with E-state index in [0.29, 0.717) is 0 Å². The van der Waals surface area contributed by atoms with Crippen molar-refractivity contribution >= 4 is 31.4 Å². The molecule has 0 spiro atoms. The number of hydrogen-bond donors (Lipinski definition) is 0. The Hall–Kier alpha value is -3.15. The zero-order valence-electron chi connectivity index (χ0n) is 18.7. The standard InChI is InChI=1S/C29H29NSi2/c1-31(27-19-11-5-12-20-27)24-23-29(25-15-7-3-8-16-25)30(26-17-9-4-10-18-26)32(31,2)28-21-13-6-14-22-28/h3-24,29H,1-2H3. The molecular weight excluding hydrogens is 418 g/mol. The number of benzene rings is 4. The van der Waals surface area contributed by atoms with Crippen molar-refractivity contribution in [2.75, 3.05) is 4.57 Å². The van der Waals surface area contributed by atoms with E-state index in [1.165, 1.54) is 21.6 Å². The molecule has 1 nitrogen and oxygen atoms in total. The second kappa shape index (κ2) is 8.42. The molecule has 4 aromatic rings. The first-order chi connectivity index (χ1) is 15.6. The third kappa shape index (κ3) is 3.29. The lowest BCUT2D eigenvalue weighted by atomic mass is 10.1. The fourth-order valence-electron chi connectivity index (χ4n) is 5.34. The predicted molar refractivity (Wildman–Crippen MR) is 143 cm³/mol. The quantitative estimate of drug-likeness (QED) is 0.353. The van der Waals surface area contributed by atoms with Gasteiger partial charge < -0.3 is 4.57 Å². The van der Waals surface area contributed by atoms with Crippen molar-refractivity contribution in [1.82, 2.24) is 0 Å². The summed E-state index contributed by atoms with van der Waals surface area (Å²) >= 11 is 0. The van der Waals surface area contributed by atoms with Crippen LogP contribution in [0, 0.1) is 0 Å². The molecule has 0 saturated heterocycles. The summed E-state index contributed by atoms with van der Waals surface area (Å²) in [5.74, 6) is 0. The van der Waals surface area contributed by atoms with Gasteiger partial charge in [-0.15, -0.1) is 0 Å². The van der Waals surface area contributed by atoms with Gasteiger partial charge in [0.15, 0.2) is 7.75 Å². The van der Waals surface area contributed by atoms with Crippen LogP contribution in [0.2, 0.25) is 13.1 Å². The lowest BCUT2D eigenvalue weighted by Gasteiger charge is -2.56. The maximum Gasteiger partial charge on any atom is 0.183 e. The Balaban J connectivity index is 1.83. The second-order valence-corrected chi connectivity index (χ2v) is 21.5. The van der Waals surface area contributed by atoms with E-state index in [1.54, 1.807) is 0 Å². The van der Waals surface area contributed by atoms with Crippen LogP contribution in [-0.2, 0) is 0 Å². The van der Waals surface area contributed by atoms with Crippen LogP contribution in [0.1, 0.15) is 11.6 Å². The molecule has 3 heteroatoms. The van der Waals surface area contributed by atoms with Crippen molar-refractivity contribution in [3.8, 4) is 0 Å². The van der Waals surface area contributed by atoms with Crippen LogP contribution in [0.3, 0.4) is 0 Å². The molecule has 1 aliphatic rings. The highest BCUT2D eigenvalue weighted by molar-refractivity contribution is 7.53. The van der Waals surface area contributed by atoms with Crippen LogP contribution in [0.5, 0.6) is 0 Å². The van der Waals surface area contributed by atoms with Crippen LogP contribution in [0.4, 0.5) is 5.69 Å². The smallest absolute Gasteiger partial charge is 0.183 e.